The van der Waals surface area contributed by atoms with Crippen molar-refractivity contribution in [3.05, 3.63) is 70.8 Å². The molecule has 0 bridgehead atoms. The van der Waals surface area contributed by atoms with Crippen molar-refractivity contribution in [1.29, 1.82) is 0 Å². The van der Waals surface area contributed by atoms with E-state index in [2.05, 4.69) is 47.7 Å². The van der Waals surface area contributed by atoms with Crippen molar-refractivity contribution in [2.24, 2.45) is 4.99 Å². The number of hydrogen-bond donors (Lipinski definition) is 2. The summed E-state index contributed by atoms with van der Waals surface area (Å²) in [6.45, 7) is 8.09. The molecule has 152 valence electrons. The first-order valence-corrected chi connectivity index (χ1v) is 11.5. The molecule has 6 heteroatoms. The average molecular weight is 402 g/mol. The fraction of sp³-hybridized carbons (Fsp3) is 0.409. The maximum absolute atomic E-state index is 12.3. The second-order valence-electron chi connectivity index (χ2n) is 6.98. The maximum atomic E-state index is 12.3. The van der Waals surface area contributed by atoms with E-state index in [1.165, 1.54) is 16.7 Å². The molecular weight excluding hydrogens is 370 g/mol. The highest BCUT2D eigenvalue weighted by atomic mass is 32.2. The molecule has 0 aliphatic carbocycles. The van der Waals surface area contributed by atoms with Gasteiger partial charge in [-0.2, -0.15) is 0 Å². The summed E-state index contributed by atoms with van der Waals surface area (Å²) in [5, 5.41) is 6.44. The molecule has 0 spiro atoms. The summed E-state index contributed by atoms with van der Waals surface area (Å²) < 4.78 is 24.5. The number of hydrogen-bond acceptors (Lipinski definition) is 3. The Morgan fingerprint density at radius 3 is 2.46 bits per heavy atom. The minimum Gasteiger partial charge on any atom is -0.357 e. The number of guanidine groups is 1. The van der Waals surface area contributed by atoms with Crippen LogP contribution in [0.4, 0.5) is 0 Å². The molecule has 0 saturated heterocycles. The Bertz CT molecular complexity index is 878. The van der Waals surface area contributed by atoms with E-state index in [-0.39, 0.29) is 11.5 Å². The van der Waals surface area contributed by atoms with Crippen LogP contribution in [0.25, 0.3) is 0 Å². The van der Waals surface area contributed by atoms with Crippen molar-refractivity contribution < 1.29 is 8.42 Å². The summed E-state index contributed by atoms with van der Waals surface area (Å²) in [4.78, 5) is 4.62. The van der Waals surface area contributed by atoms with Crippen molar-refractivity contribution in [2.45, 2.75) is 39.5 Å². The van der Waals surface area contributed by atoms with E-state index in [1.54, 1.807) is 0 Å². The fourth-order valence-electron chi connectivity index (χ4n) is 2.93. The average Bonchev–Trinajstić information content (AvgIpc) is 2.64. The van der Waals surface area contributed by atoms with Crippen molar-refractivity contribution in [2.75, 3.05) is 18.8 Å². The van der Waals surface area contributed by atoms with Gasteiger partial charge >= 0.3 is 0 Å². The summed E-state index contributed by atoms with van der Waals surface area (Å²) >= 11 is 0. The SMILES string of the molecule is CCNC(=NCc1ccc(C)cc1C)NCCCS(=O)(=O)Cc1ccccc1. The lowest BCUT2D eigenvalue weighted by molar-refractivity contribution is 0.591. The van der Waals surface area contributed by atoms with Gasteiger partial charge in [-0.05, 0) is 43.9 Å². The molecule has 0 fully saturated rings. The van der Waals surface area contributed by atoms with Gasteiger partial charge in [0, 0.05) is 13.1 Å². The Labute approximate surface area is 169 Å². The van der Waals surface area contributed by atoms with E-state index in [0.29, 0.717) is 25.5 Å². The van der Waals surface area contributed by atoms with Crippen LogP contribution in [0.5, 0.6) is 0 Å². The van der Waals surface area contributed by atoms with E-state index in [4.69, 9.17) is 0 Å². The molecule has 0 aliphatic heterocycles. The number of aryl methyl sites for hydroxylation is 2. The largest absolute Gasteiger partial charge is 0.357 e. The molecule has 5 nitrogen and oxygen atoms in total. The second kappa shape index (κ2) is 10.9. The molecule has 2 N–H and O–H groups in total. The van der Waals surface area contributed by atoms with E-state index in [0.717, 1.165) is 12.1 Å². The van der Waals surface area contributed by atoms with Gasteiger partial charge in [0.25, 0.3) is 0 Å². The molecule has 0 atom stereocenters. The van der Waals surface area contributed by atoms with Crippen molar-refractivity contribution in [3.8, 4) is 0 Å². The monoisotopic (exact) mass is 401 g/mol. The lowest BCUT2D eigenvalue weighted by Crippen LogP contribution is -2.38. The molecule has 0 heterocycles. The van der Waals surface area contributed by atoms with Crippen LogP contribution in [-0.2, 0) is 22.1 Å². The zero-order valence-electron chi connectivity index (χ0n) is 17.0. The quantitative estimate of drug-likeness (QED) is 0.384. The van der Waals surface area contributed by atoms with Crippen LogP contribution in [0.15, 0.2) is 53.5 Å². The van der Waals surface area contributed by atoms with Crippen LogP contribution in [-0.4, -0.2) is 33.2 Å². The van der Waals surface area contributed by atoms with Crippen molar-refractivity contribution in [1.82, 2.24) is 10.6 Å². The predicted molar refractivity (Wildman–Crippen MR) is 117 cm³/mol. The summed E-state index contributed by atoms with van der Waals surface area (Å²) in [6, 6.07) is 15.7. The van der Waals surface area contributed by atoms with Gasteiger partial charge in [-0.15, -0.1) is 0 Å². The van der Waals surface area contributed by atoms with Gasteiger partial charge in [0.05, 0.1) is 18.1 Å². The Morgan fingerprint density at radius 2 is 1.79 bits per heavy atom. The Kier molecular flexibility index (Phi) is 8.51. The minimum absolute atomic E-state index is 0.0920. The molecule has 0 amide bonds. The number of sulfone groups is 1. The van der Waals surface area contributed by atoms with E-state index >= 15 is 0 Å². The molecule has 2 aromatic carbocycles. The van der Waals surface area contributed by atoms with Crippen LogP contribution in [0.3, 0.4) is 0 Å². The van der Waals surface area contributed by atoms with E-state index in [1.807, 2.05) is 37.3 Å². The van der Waals surface area contributed by atoms with Crippen molar-refractivity contribution >= 4 is 15.8 Å². The molecule has 0 unspecified atom stereocenters. The standard InChI is InChI=1S/C22H31N3O2S/c1-4-23-22(25-16-21-12-11-18(2)15-19(21)3)24-13-8-14-28(26,27)17-20-9-6-5-7-10-20/h5-7,9-12,15H,4,8,13-14,16-17H2,1-3H3,(H2,23,24,25). The summed E-state index contributed by atoms with van der Waals surface area (Å²) in [6.07, 6.45) is 0.545. The number of rotatable bonds is 9. The van der Waals surface area contributed by atoms with Gasteiger partial charge in [0.2, 0.25) is 0 Å². The molecule has 0 radical (unpaired) electrons. The number of benzene rings is 2. The fourth-order valence-corrected chi connectivity index (χ4v) is 4.36. The van der Waals surface area contributed by atoms with E-state index < -0.39 is 9.84 Å². The lowest BCUT2D eigenvalue weighted by atomic mass is 10.1. The Balaban J connectivity index is 1.83. The van der Waals surface area contributed by atoms with E-state index in [9.17, 15) is 8.42 Å². The van der Waals surface area contributed by atoms with Crippen molar-refractivity contribution in [3.63, 3.8) is 0 Å². The topological polar surface area (TPSA) is 70.6 Å². The predicted octanol–water partition coefficient (Wildman–Crippen LogP) is 3.36. The second-order valence-corrected chi connectivity index (χ2v) is 9.17. The van der Waals surface area contributed by atoms with Gasteiger partial charge < -0.3 is 10.6 Å². The number of nitrogens with zero attached hydrogens (tertiary/aromatic N) is 1. The third-order valence-corrected chi connectivity index (χ3v) is 6.09. The molecule has 0 aromatic heterocycles. The van der Waals surface area contributed by atoms with Crippen LogP contribution in [0, 0.1) is 13.8 Å². The lowest BCUT2D eigenvalue weighted by Gasteiger charge is -2.12. The zero-order chi connectivity index (χ0) is 20.4. The molecular formula is C22H31N3O2S. The third-order valence-electron chi connectivity index (χ3n) is 4.40. The summed E-state index contributed by atoms with van der Waals surface area (Å²) in [5.41, 5.74) is 4.49. The van der Waals surface area contributed by atoms with Gasteiger partial charge in [-0.1, -0.05) is 54.1 Å². The van der Waals surface area contributed by atoms with Gasteiger partial charge in [0.1, 0.15) is 0 Å². The summed E-state index contributed by atoms with van der Waals surface area (Å²) in [5.74, 6) is 0.961. The smallest absolute Gasteiger partial charge is 0.191 e. The normalized spacial score (nSPS) is 12.0. The van der Waals surface area contributed by atoms with Crippen LogP contribution in [0.1, 0.15) is 35.6 Å². The first-order valence-electron chi connectivity index (χ1n) is 9.72. The molecule has 2 aromatic rings. The Morgan fingerprint density at radius 1 is 1.04 bits per heavy atom. The van der Waals surface area contributed by atoms with Crippen LogP contribution in [0.2, 0.25) is 0 Å². The highest BCUT2D eigenvalue weighted by molar-refractivity contribution is 7.90. The molecule has 0 saturated carbocycles. The molecule has 28 heavy (non-hydrogen) atoms. The first-order chi connectivity index (χ1) is 13.4. The van der Waals surface area contributed by atoms with Crippen LogP contribution >= 0.6 is 0 Å². The zero-order valence-corrected chi connectivity index (χ0v) is 17.8. The summed E-state index contributed by atoms with van der Waals surface area (Å²) in [7, 11) is -3.11. The number of aliphatic imine (C=N–C) groups is 1. The number of nitrogens with one attached hydrogen (secondary N) is 2. The highest BCUT2D eigenvalue weighted by Crippen LogP contribution is 2.11. The maximum Gasteiger partial charge on any atom is 0.191 e. The third kappa shape index (κ3) is 7.72. The molecule has 0 aliphatic rings. The molecule has 2 rings (SSSR count). The van der Waals surface area contributed by atoms with Gasteiger partial charge in [0.15, 0.2) is 15.8 Å². The minimum atomic E-state index is -3.11. The van der Waals surface area contributed by atoms with Gasteiger partial charge in [-0.25, -0.2) is 13.4 Å². The Hall–Kier alpha value is -2.34. The van der Waals surface area contributed by atoms with Crippen LogP contribution < -0.4 is 10.6 Å². The van der Waals surface area contributed by atoms with Gasteiger partial charge in [-0.3, -0.25) is 0 Å². The highest BCUT2D eigenvalue weighted by Gasteiger charge is 2.11. The first kappa shape index (κ1) is 22.0.